The summed E-state index contributed by atoms with van der Waals surface area (Å²) in [5, 5.41) is 5.04. The van der Waals surface area contributed by atoms with Gasteiger partial charge in [0.25, 0.3) is 0 Å². The Bertz CT molecular complexity index is 883. The number of halogens is 1. The molecule has 1 aliphatic rings. The third kappa shape index (κ3) is 2.20. The highest BCUT2D eigenvalue weighted by molar-refractivity contribution is 6.30. The Morgan fingerprint density at radius 2 is 2.00 bits per heavy atom. The van der Waals surface area contributed by atoms with E-state index in [0.717, 1.165) is 29.0 Å². The molecule has 22 heavy (non-hydrogen) atoms. The van der Waals surface area contributed by atoms with Crippen LogP contribution in [0.5, 0.6) is 0 Å². The van der Waals surface area contributed by atoms with Gasteiger partial charge < -0.3 is 0 Å². The van der Waals surface area contributed by atoms with Crippen molar-refractivity contribution in [1.82, 2.24) is 14.6 Å². The fourth-order valence-corrected chi connectivity index (χ4v) is 3.20. The molecular formula is C17H14ClN3O. The van der Waals surface area contributed by atoms with Crippen LogP contribution in [-0.2, 0) is 6.42 Å². The number of aromatic nitrogens is 3. The standard InChI is InChI=1S/C17H14ClN3O/c1-10-6-17-19-15-7-12(11-2-4-13(18)5-3-11)8-16(22)14(15)9-21(17)20-10/h2-6,9,12H,7-8H2,1H3. The van der Waals surface area contributed by atoms with Gasteiger partial charge in [-0.25, -0.2) is 9.50 Å². The third-order valence-corrected chi connectivity index (χ3v) is 4.42. The van der Waals surface area contributed by atoms with Crippen molar-refractivity contribution in [3.8, 4) is 0 Å². The van der Waals surface area contributed by atoms with Crippen LogP contribution in [0, 0.1) is 6.92 Å². The van der Waals surface area contributed by atoms with Crippen LogP contribution in [0.15, 0.2) is 36.5 Å². The summed E-state index contributed by atoms with van der Waals surface area (Å²) in [7, 11) is 0. The third-order valence-electron chi connectivity index (χ3n) is 4.16. The number of nitrogens with zero attached hydrogens (tertiary/aromatic N) is 3. The van der Waals surface area contributed by atoms with Gasteiger partial charge in [-0.1, -0.05) is 23.7 Å². The summed E-state index contributed by atoms with van der Waals surface area (Å²) in [6, 6.07) is 9.65. The minimum Gasteiger partial charge on any atom is -0.294 e. The van der Waals surface area contributed by atoms with Crippen LogP contribution < -0.4 is 0 Å². The number of Topliss-reactive ketones (excluding diaryl/α,β-unsaturated/α-hetero) is 1. The predicted molar refractivity (Wildman–Crippen MR) is 84.6 cm³/mol. The number of fused-ring (bicyclic) bond motifs is 2. The summed E-state index contributed by atoms with van der Waals surface area (Å²) in [5.41, 5.74) is 4.39. The Hall–Kier alpha value is -2.20. The lowest BCUT2D eigenvalue weighted by molar-refractivity contribution is 0.0962. The second-order valence-electron chi connectivity index (χ2n) is 5.77. The second-order valence-corrected chi connectivity index (χ2v) is 6.21. The molecule has 3 aromatic rings. The molecule has 0 bridgehead atoms. The van der Waals surface area contributed by atoms with Crippen LogP contribution in [0.1, 0.15) is 39.6 Å². The van der Waals surface area contributed by atoms with Crippen LogP contribution >= 0.6 is 11.6 Å². The van der Waals surface area contributed by atoms with Crippen molar-refractivity contribution >= 4 is 23.0 Å². The number of benzene rings is 1. The minimum absolute atomic E-state index is 0.128. The molecule has 0 aliphatic heterocycles. The van der Waals surface area contributed by atoms with Crippen molar-refractivity contribution in [2.75, 3.05) is 0 Å². The fourth-order valence-electron chi connectivity index (χ4n) is 3.08. The number of carbonyl (C=O) groups excluding carboxylic acids is 1. The Labute approximate surface area is 132 Å². The van der Waals surface area contributed by atoms with E-state index in [1.165, 1.54) is 0 Å². The molecule has 4 rings (SSSR count). The molecule has 4 nitrogen and oxygen atoms in total. The quantitative estimate of drug-likeness (QED) is 0.690. The highest BCUT2D eigenvalue weighted by atomic mass is 35.5. The van der Waals surface area contributed by atoms with Gasteiger partial charge in [-0.2, -0.15) is 5.10 Å². The van der Waals surface area contributed by atoms with Gasteiger partial charge in [-0.15, -0.1) is 0 Å². The van der Waals surface area contributed by atoms with Gasteiger partial charge in [0, 0.05) is 23.7 Å². The second kappa shape index (κ2) is 4.92. The topological polar surface area (TPSA) is 47.3 Å². The van der Waals surface area contributed by atoms with Crippen LogP contribution in [0.3, 0.4) is 0 Å². The van der Waals surface area contributed by atoms with E-state index < -0.39 is 0 Å². The van der Waals surface area contributed by atoms with E-state index >= 15 is 0 Å². The van der Waals surface area contributed by atoms with Crippen molar-refractivity contribution in [3.05, 3.63) is 64.1 Å². The number of hydrogen-bond donors (Lipinski definition) is 0. The summed E-state index contributed by atoms with van der Waals surface area (Å²) >= 11 is 5.94. The van der Waals surface area contributed by atoms with Gasteiger partial charge in [0.2, 0.25) is 0 Å². The van der Waals surface area contributed by atoms with E-state index in [1.807, 2.05) is 43.5 Å². The normalized spacial score (nSPS) is 17.7. The molecule has 0 saturated heterocycles. The maximum Gasteiger partial charge on any atom is 0.166 e. The molecule has 0 saturated carbocycles. The summed E-state index contributed by atoms with van der Waals surface area (Å²) in [6.45, 7) is 1.92. The van der Waals surface area contributed by atoms with Crippen molar-refractivity contribution in [1.29, 1.82) is 0 Å². The highest BCUT2D eigenvalue weighted by Gasteiger charge is 2.28. The first-order chi connectivity index (χ1) is 10.6. The van der Waals surface area contributed by atoms with Crippen LogP contribution in [0.2, 0.25) is 5.02 Å². The predicted octanol–water partition coefficient (Wildman–Crippen LogP) is 3.60. The lowest BCUT2D eigenvalue weighted by atomic mass is 9.82. The average molecular weight is 312 g/mol. The molecule has 2 heterocycles. The Morgan fingerprint density at radius 1 is 1.23 bits per heavy atom. The van der Waals surface area contributed by atoms with Crippen molar-refractivity contribution in [2.24, 2.45) is 0 Å². The van der Waals surface area contributed by atoms with E-state index in [9.17, 15) is 4.79 Å². The zero-order chi connectivity index (χ0) is 15.3. The highest BCUT2D eigenvalue weighted by Crippen LogP contribution is 2.32. The number of carbonyl (C=O) groups is 1. The van der Waals surface area contributed by atoms with Crippen LogP contribution in [0.25, 0.3) is 5.65 Å². The first-order valence-electron chi connectivity index (χ1n) is 7.25. The first kappa shape index (κ1) is 13.5. The Balaban J connectivity index is 1.77. The molecule has 1 aromatic carbocycles. The van der Waals surface area contributed by atoms with Gasteiger partial charge in [0.15, 0.2) is 11.4 Å². The van der Waals surface area contributed by atoms with E-state index in [0.29, 0.717) is 17.0 Å². The minimum atomic E-state index is 0.128. The SMILES string of the molecule is Cc1cc2nc3c(cn2n1)C(=O)CC(c1ccc(Cl)cc1)C3. The molecular weight excluding hydrogens is 298 g/mol. The van der Waals surface area contributed by atoms with Gasteiger partial charge in [-0.05, 0) is 37.0 Å². The molecule has 110 valence electrons. The van der Waals surface area contributed by atoms with Gasteiger partial charge in [0.1, 0.15) is 0 Å². The molecule has 0 N–H and O–H groups in total. The average Bonchev–Trinajstić information content (AvgIpc) is 2.85. The maximum absolute atomic E-state index is 12.5. The summed E-state index contributed by atoms with van der Waals surface area (Å²) < 4.78 is 1.69. The molecule has 1 unspecified atom stereocenters. The van der Waals surface area contributed by atoms with E-state index in [2.05, 4.69) is 10.1 Å². The smallest absolute Gasteiger partial charge is 0.166 e. The monoisotopic (exact) mass is 311 g/mol. The molecule has 0 fully saturated rings. The zero-order valence-electron chi connectivity index (χ0n) is 12.1. The molecule has 1 aliphatic carbocycles. The summed E-state index contributed by atoms with van der Waals surface area (Å²) in [4.78, 5) is 17.1. The van der Waals surface area contributed by atoms with Gasteiger partial charge in [0.05, 0.1) is 17.0 Å². The van der Waals surface area contributed by atoms with E-state index in [1.54, 1.807) is 4.52 Å². The summed E-state index contributed by atoms with van der Waals surface area (Å²) in [5.74, 6) is 0.292. The number of aryl methyl sites for hydroxylation is 1. The molecule has 0 amide bonds. The molecule has 1 atom stereocenters. The van der Waals surface area contributed by atoms with Crippen molar-refractivity contribution in [3.63, 3.8) is 0 Å². The number of hydrogen-bond acceptors (Lipinski definition) is 3. The van der Waals surface area contributed by atoms with Crippen LogP contribution in [0.4, 0.5) is 0 Å². The van der Waals surface area contributed by atoms with E-state index in [4.69, 9.17) is 11.6 Å². The van der Waals surface area contributed by atoms with E-state index in [-0.39, 0.29) is 11.7 Å². The van der Waals surface area contributed by atoms with Gasteiger partial charge >= 0.3 is 0 Å². The van der Waals surface area contributed by atoms with Gasteiger partial charge in [-0.3, -0.25) is 4.79 Å². The number of rotatable bonds is 1. The maximum atomic E-state index is 12.5. The fraction of sp³-hybridized carbons (Fsp3) is 0.235. The lowest BCUT2D eigenvalue weighted by Crippen LogP contribution is -2.21. The molecule has 2 aromatic heterocycles. The molecule has 5 heteroatoms. The van der Waals surface area contributed by atoms with Crippen molar-refractivity contribution in [2.45, 2.75) is 25.7 Å². The molecule has 0 radical (unpaired) electrons. The largest absolute Gasteiger partial charge is 0.294 e. The number of ketones is 1. The Morgan fingerprint density at radius 3 is 2.77 bits per heavy atom. The lowest BCUT2D eigenvalue weighted by Gasteiger charge is -2.23. The zero-order valence-corrected chi connectivity index (χ0v) is 12.8. The summed E-state index contributed by atoms with van der Waals surface area (Å²) in [6.07, 6.45) is 3.08. The molecule has 0 spiro atoms. The van der Waals surface area contributed by atoms with Crippen LogP contribution in [-0.4, -0.2) is 20.4 Å². The Kier molecular flexibility index (Phi) is 3.01. The first-order valence-corrected chi connectivity index (χ1v) is 7.62. The van der Waals surface area contributed by atoms with Crippen molar-refractivity contribution < 1.29 is 4.79 Å².